The average Bonchev–Trinajstić information content (AvgIpc) is 2.39. The molecule has 0 fully saturated rings. The summed E-state index contributed by atoms with van der Waals surface area (Å²) in [5.74, 6) is -0.248. The number of pyridine rings is 1. The van der Waals surface area contributed by atoms with Crippen molar-refractivity contribution in [2.75, 3.05) is 46.1 Å². The second kappa shape index (κ2) is 7.93. The second-order valence-electron chi connectivity index (χ2n) is 4.15. The van der Waals surface area contributed by atoms with Gasteiger partial charge in [0, 0.05) is 26.7 Å². The van der Waals surface area contributed by atoms with E-state index in [9.17, 15) is 4.79 Å². The van der Waals surface area contributed by atoms with Crippen molar-refractivity contribution in [3.63, 3.8) is 0 Å². The Kier molecular flexibility index (Phi) is 6.55. The summed E-state index contributed by atoms with van der Waals surface area (Å²) in [6.45, 7) is 2.74. The number of rotatable bonds is 7. The van der Waals surface area contributed by atoms with Gasteiger partial charge in [0.05, 0.1) is 24.1 Å². The number of nitrogens with zero attached hydrogens (tertiary/aromatic N) is 2. The molecule has 7 heteroatoms. The van der Waals surface area contributed by atoms with Crippen molar-refractivity contribution in [1.82, 2.24) is 15.2 Å². The van der Waals surface area contributed by atoms with E-state index in [1.165, 1.54) is 12.3 Å². The molecule has 1 amide bonds. The molecule has 1 heterocycles. The number of nitrogens with two attached hydrogens (primary N) is 1. The molecular weight excluding hydrogens is 268 g/mol. The lowest BCUT2D eigenvalue weighted by Gasteiger charge is -2.16. The van der Waals surface area contributed by atoms with Gasteiger partial charge in [0.15, 0.2) is 0 Å². The summed E-state index contributed by atoms with van der Waals surface area (Å²) in [7, 11) is 3.62. The Morgan fingerprint density at radius 1 is 1.58 bits per heavy atom. The molecule has 0 aliphatic rings. The molecule has 1 aromatic heterocycles. The Morgan fingerprint density at radius 2 is 2.32 bits per heavy atom. The molecule has 0 spiro atoms. The topological polar surface area (TPSA) is 80.5 Å². The minimum Gasteiger partial charge on any atom is -0.397 e. The van der Waals surface area contributed by atoms with Crippen LogP contribution in [0.4, 0.5) is 5.69 Å². The molecule has 0 aromatic carbocycles. The Balaban J connectivity index is 2.41. The Bertz CT molecular complexity index is 428. The maximum Gasteiger partial charge on any atom is 0.253 e. The number of ether oxygens (including phenoxy) is 1. The molecule has 1 aromatic rings. The van der Waals surface area contributed by atoms with Crippen LogP contribution in [0.5, 0.6) is 0 Å². The third-order valence-corrected chi connectivity index (χ3v) is 2.81. The van der Waals surface area contributed by atoms with Crippen molar-refractivity contribution in [3.05, 3.63) is 23.0 Å². The van der Waals surface area contributed by atoms with Gasteiger partial charge in [-0.15, -0.1) is 0 Å². The quantitative estimate of drug-likeness (QED) is 0.719. The molecular formula is C12H19ClN4O2. The van der Waals surface area contributed by atoms with Gasteiger partial charge in [-0.3, -0.25) is 4.79 Å². The predicted octanol–water partition coefficient (Wildman–Crippen LogP) is 0.625. The number of methoxy groups -OCH3 is 1. The lowest BCUT2D eigenvalue weighted by molar-refractivity contribution is 0.0948. The number of aromatic nitrogens is 1. The van der Waals surface area contributed by atoms with Gasteiger partial charge in [0.2, 0.25) is 0 Å². The monoisotopic (exact) mass is 286 g/mol. The van der Waals surface area contributed by atoms with Crippen molar-refractivity contribution in [2.24, 2.45) is 0 Å². The zero-order chi connectivity index (χ0) is 14.3. The van der Waals surface area contributed by atoms with Crippen LogP contribution >= 0.6 is 11.6 Å². The molecule has 106 valence electrons. The molecule has 0 bridgehead atoms. The van der Waals surface area contributed by atoms with Crippen molar-refractivity contribution in [1.29, 1.82) is 0 Å². The molecule has 0 saturated carbocycles. The zero-order valence-electron chi connectivity index (χ0n) is 11.1. The lowest BCUT2D eigenvalue weighted by Crippen LogP contribution is -2.34. The van der Waals surface area contributed by atoms with E-state index in [4.69, 9.17) is 22.1 Å². The Morgan fingerprint density at radius 3 is 3.00 bits per heavy atom. The molecule has 19 heavy (non-hydrogen) atoms. The number of anilines is 1. The first-order valence-electron chi connectivity index (χ1n) is 5.91. The minimum absolute atomic E-state index is 0.247. The van der Waals surface area contributed by atoms with E-state index >= 15 is 0 Å². The number of hydrogen-bond donors (Lipinski definition) is 2. The maximum atomic E-state index is 11.9. The highest BCUT2D eigenvalue weighted by atomic mass is 35.5. The van der Waals surface area contributed by atoms with Gasteiger partial charge in [-0.1, -0.05) is 11.6 Å². The van der Waals surface area contributed by atoms with Crippen molar-refractivity contribution < 1.29 is 9.53 Å². The predicted molar refractivity (Wildman–Crippen MR) is 75.4 cm³/mol. The highest BCUT2D eigenvalue weighted by molar-refractivity contribution is 6.29. The highest BCUT2D eigenvalue weighted by Gasteiger charge is 2.10. The van der Waals surface area contributed by atoms with E-state index in [-0.39, 0.29) is 11.1 Å². The van der Waals surface area contributed by atoms with E-state index in [0.717, 1.165) is 13.1 Å². The van der Waals surface area contributed by atoms with Crippen LogP contribution in [0.3, 0.4) is 0 Å². The standard InChI is InChI=1S/C12H19ClN4O2/c1-17(5-6-19-2)4-3-15-12(18)9-7-11(13)16-8-10(9)14/h7-8H,3-6,14H2,1-2H3,(H,15,18). The van der Waals surface area contributed by atoms with Gasteiger partial charge in [0.1, 0.15) is 5.15 Å². The van der Waals surface area contributed by atoms with E-state index in [1.54, 1.807) is 7.11 Å². The number of hydrogen-bond acceptors (Lipinski definition) is 5. The third-order valence-electron chi connectivity index (χ3n) is 2.60. The van der Waals surface area contributed by atoms with E-state index in [1.807, 2.05) is 7.05 Å². The Labute approximate surface area is 117 Å². The number of carbonyl (C=O) groups excluding carboxylic acids is 1. The molecule has 3 N–H and O–H groups in total. The van der Waals surface area contributed by atoms with Crippen molar-refractivity contribution >= 4 is 23.2 Å². The minimum atomic E-state index is -0.248. The smallest absolute Gasteiger partial charge is 0.253 e. The summed E-state index contributed by atoms with van der Waals surface area (Å²) in [6.07, 6.45) is 1.38. The summed E-state index contributed by atoms with van der Waals surface area (Å²) >= 11 is 5.73. The summed E-state index contributed by atoms with van der Waals surface area (Å²) < 4.78 is 4.97. The van der Waals surface area contributed by atoms with Gasteiger partial charge in [-0.05, 0) is 13.1 Å². The normalized spacial score (nSPS) is 10.7. The lowest BCUT2D eigenvalue weighted by atomic mass is 10.2. The fourth-order valence-electron chi connectivity index (χ4n) is 1.45. The number of nitrogens with one attached hydrogen (secondary N) is 1. The van der Waals surface area contributed by atoms with Crippen LogP contribution in [0.2, 0.25) is 5.15 Å². The first kappa shape index (κ1) is 15.7. The molecule has 0 unspecified atom stereocenters. The summed E-state index contributed by atoms with van der Waals surface area (Å²) in [6, 6.07) is 1.46. The largest absolute Gasteiger partial charge is 0.397 e. The Hall–Kier alpha value is -1.37. The fraction of sp³-hybridized carbons (Fsp3) is 0.500. The zero-order valence-corrected chi connectivity index (χ0v) is 11.9. The van der Waals surface area contributed by atoms with Crippen molar-refractivity contribution in [3.8, 4) is 0 Å². The highest BCUT2D eigenvalue weighted by Crippen LogP contribution is 2.14. The number of nitrogen functional groups attached to an aromatic ring is 1. The van der Waals surface area contributed by atoms with Crippen LogP contribution in [0.25, 0.3) is 0 Å². The average molecular weight is 287 g/mol. The van der Waals surface area contributed by atoms with Gasteiger partial charge in [-0.25, -0.2) is 4.98 Å². The SMILES string of the molecule is COCCN(C)CCNC(=O)c1cc(Cl)ncc1N. The van der Waals surface area contributed by atoms with Crippen LogP contribution in [-0.4, -0.2) is 56.2 Å². The van der Waals surface area contributed by atoms with E-state index in [2.05, 4.69) is 15.2 Å². The first-order valence-corrected chi connectivity index (χ1v) is 6.29. The van der Waals surface area contributed by atoms with E-state index < -0.39 is 0 Å². The van der Waals surface area contributed by atoms with Crippen LogP contribution in [0.1, 0.15) is 10.4 Å². The molecule has 0 aliphatic carbocycles. The molecule has 1 rings (SSSR count). The summed E-state index contributed by atoms with van der Waals surface area (Å²) in [5, 5.41) is 3.03. The third kappa shape index (κ3) is 5.42. The second-order valence-corrected chi connectivity index (χ2v) is 4.53. The molecule has 0 radical (unpaired) electrons. The first-order chi connectivity index (χ1) is 9.04. The van der Waals surface area contributed by atoms with Crippen molar-refractivity contribution in [2.45, 2.75) is 0 Å². The van der Waals surface area contributed by atoms with Gasteiger partial charge >= 0.3 is 0 Å². The van der Waals surface area contributed by atoms with Crippen LogP contribution < -0.4 is 11.1 Å². The van der Waals surface area contributed by atoms with Gasteiger partial charge in [0.25, 0.3) is 5.91 Å². The number of halogens is 1. The number of likely N-dealkylation sites (N-methyl/N-ethyl adjacent to an activating group) is 1. The van der Waals surface area contributed by atoms with Crippen LogP contribution in [0, 0.1) is 0 Å². The fourth-order valence-corrected chi connectivity index (χ4v) is 1.61. The summed E-state index contributed by atoms with van der Waals surface area (Å²) in [4.78, 5) is 17.8. The van der Waals surface area contributed by atoms with E-state index in [0.29, 0.717) is 24.4 Å². The number of amides is 1. The molecule has 6 nitrogen and oxygen atoms in total. The van der Waals surface area contributed by atoms with Gasteiger partial charge < -0.3 is 20.7 Å². The van der Waals surface area contributed by atoms with Crippen LogP contribution in [-0.2, 0) is 4.74 Å². The molecule has 0 aliphatic heterocycles. The maximum absolute atomic E-state index is 11.9. The number of carbonyl (C=O) groups is 1. The molecule has 0 atom stereocenters. The van der Waals surface area contributed by atoms with Crippen LogP contribution in [0.15, 0.2) is 12.3 Å². The molecule has 0 saturated heterocycles. The summed E-state index contributed by atoms with van der Waals surface area (Å²) in [5.41, 5.74) is 6.34. The van der Waals surface area contributed by atoms with Gasteiger partial charge in [-0.2, -0.15) is 0 Å².